The molecule has 88 valence electrons. The summed E-state index contributed by atoms with van der Waals surface area (Å²) < 4.78 is 0.751. The van der Waals surface area contributed by atoms with Gasteiger partial charge >= 0.3 is 0 Å². The molecule has 0 N–H and O–H groups in total. The molecular formula is C13H12ClNOS. The number of halogens is 1. The average Bonchev–Trinajstić information content (AvgIpc) is 2.75. The average molecular weight is 266 g/mol. The second-order valence-electron chi connectivity index (χ2n) is 3.73. The number of thiophene rings is 1. The van der Waals surface area contributed by atoms with Gasteiger partial charge in [-0.15, -0.1) is 11.3 Å². The molecule has 0 atom stereocenters. The fourth-order valence-corrected chi connectivity index (χ4v) is 2.68. The summed E-state index contributed by atoms with van der Waals surface area (Å²) in [6, 6.07) is 13.1. The standard InChI is InChI=1S/C13H12ClNOS/c1-15(9-11-7-8-12(14)17-11)13(16)10-5-3-2-4-6-10/h2-8H,9H2,1H3. The smallest absolute Gasteiger partial charge is 0.253 e. The van der Waals surface area contributed by atoms with Crippen molar-refractivity contribution in [2.45, 2.75) is 6.54 Å². The second-order valence-corrected chi connectivity index (χ2v) is 5.53. The first kappa shape index (κ1) is 12.1. The molecule has 0 radical (unpaired) electrons. The lowest BCUT2D eigenvalue weighted by molar-refractivity contribution is 0.0786. The lowest BCUT2D eigenvalue weighted by Crippen LogP contribution is -2.25. The molecule has 4 heteroatoms. The fourth-order valence-electron chi connectivity index (χ4n) is 1.54. The van der Waals surface area contributed by atoms with Crippen LogP contribution in [0.5, 0.6) is 0 Å². The molecule has 0 aliphatic heterocycles. The third-order valence-electron chi connectivity index (χ3n) is 2.39. The molecule has 2 rings (SSSR count). The van der Waals surface area contributed by atoms with E-state index in [9.17, 15) is 4.79 Å². The number of carbonyl (C=O) groups excluding carboxylic acids is 1. The Morgan fingerprint density at radius 1 is 1.24 bits per heavy atom. The van der Waals surface area contributed by atoms with Crippen molar-refractivity contribution in [3.63, 3.8) is 0 Å². The number of carbonyl (C=O) groups is 1. The van der Waals surface area contributed by atoms with Gasteiger partial charge < -0.3 is 4.90 Å². The van der Waals surface area contributed by atoms with Crippen molar-refractivity contribution < 1.29 is 4.79 Å². The summed E-state index contributed by atoms with van der Waals surface area (Å²) >= 11 is 7.36. The maximum atomic E-state index is 12.1. The molecule has 1 heterocycles. The van der Waals surface area contributed by atoms with Gasteiger partial charge in [0.2, 0.25) is 0 Å². The molecule has 0 fully saturated rings. The highest BCUT2D eigenvalue weighted by atomic mass is 35.5. The van der Waals surface area contributed by atoms with Crippen LogP contribution in [-0.2, 0) is 6.54 Å². The molecule has 0 bridgehead atoms. The van der Waals surface area contributed by atoms with E-state index >= 15 is 0 Å². The van der Waals surface area contributed by atoms with Gasteiger partial charge in [-0.3, -0.25) is 4.79 Å². The lowest BCUT2D eigenvalue weighted by Gasteiger charge is -2.16. The van der Waals surface area contributed by atoms with E-state index in [-0.39, 0.29) is 5.91 Å². The molecule has 0 unspecified atom stereocenters. The Kier molecular flexibility index (Phi) is 3.82. The maximum absolute atomic E-state index is 12.1. The first-order chi connectivity index (χ1) is 8.16. The molecule has 0 aliphatic rings. The van der Waals surface area contributed by atoms with Crippen LogP contribution < -0.4 is 0 Å². The van der Waals surface area contributed by atoms with Gasteiger partial charge in [0.1, 0.15) is 0 Å². The van der Waals surface area contributed by atoms with Crippen LogP contribution in [0, 0.1) is 0 Å². The van der Waals surface area contributed by atoms with Crippen LogP contribution >= 0.6 is 22.9 Å². The van der Waals surface area contributed by atoms with E-state index in [1.807, 2.05) is 42.5 Å². The van der Waals surface area contributed by atoms with Gasteiger partial charge in [-0.25, -0.2) is 0 Å². The highest BCUT2D eigenvalue weighted by molar-refractivity contribution is 7.16. The molecule has 0 saturated heterocycles. The summed E-state index contributed by atoms with van der Waals surface area (Å²) in [4.78, 5) is 14.8. The summed E-state index contributed by atoms with van der Waals surface area (Å²) in [6.07, 6.45) is 0. The highest BCUT2D eigenvalue weighted by Gasteiger charge is 2.12. The number of hydrogen-bond donors (Lipinski definition) is 0. The fraction of sp³-hybridized carbons (Fsp3) is 0.154. The SMILES string of the molecule is CN(Cc1ccc(Cl)s1)C(=O)c1ccccc1. The van der Waals surface area contributed by atoms with E-state index in [0.29, 0.717) is 12.1 Å². The van der Waals surface area contributed by atoms with E-state index < -0.39 is 0 Å². The molecule has 1 aromatic heterocycles. The quantitative estimate of drug-likeness (QED) is 0.829. The zero-order valence-corrected chi connectivity index (χ0v) is 11.0. The van der Waals surface area contributed by atoms with Crippen molar-refractivity contribution in [2.75, 3.05) is 7.05 Å². The van der Waals surface area contributed by atoms with Crippen LogP contribution in [0.4, 0.5) is 0 Å². The minimum atomic E-state index is 0.0233. The molecule has 1 aromatic carbocycles. The summed E-state index contributed by atoms with van der Waals surface area (Å²) in [5.74, 6) is 0.0233. The van der Waals surface area contributed by atoms with E-state index in [4.69, 9.17) is 11.6 Å². The third kappa shape index (κ3) is 3.08. The Labute approximate surface area is 109 Å². The number of benzene rings is 1. The van der Waals surface area contributed by atoms with Crippen molar-refractivity contribution in [3.05, 3.63) is 57.2 Å². The van der Waals surface area contributed by atoms with E-state index in [2.05, 4.69) is 0 Å². The maximum Gasteiger partial charge on any atom is 0.253 e. The predicted molar refractivity (Wildman–Crippen MR) is 71.6 cm³/mol. The highest BCUT2D eigenvalue weighted by Crippen LogP contribution is 2.22. The zero-order valence-electron chi connectivity index (χ0n) is 9.39. The molecule has 17 heavy (non-hydrogen) atoms. The normalized spacial score (nSPS) is 10.2. The van der Waals surface area contributed by atoms with Gasteiger partial charge in [0.05, 0.1) is 10.9 Å². The van der Waals surface area contributed by atoms with Crippen molar-refractivity contribution in [1.82, 2.24) is 4.90 Å². The topological polar surface area (TPSA) is 20.3 Å². The minimum Gasteiger partial charge on any atom is -0.337 e. The van der Waals surface area contributed by atoms with Crippen LogP contribution in [0.15, 0.2) is 42.5 Å². The molecule has 0 spiro atoms. The van der Waals surface area contributed by atoms with Crippen molar-refractivity contribution in [1.29, 1.82) is 0 Å². The van der Waals surface area contributed by atoms with E-state index in [1.165, 1.54) is 11.3 Å². The molecular weight excluding hydrogens is 254 g/mol. The largest absolute Gasteiger partial charge is 0.337 e. The Bertz CT molecular complexity index is 509. The van der Waals surface area contributed by atoms with Gasteiger partial charge in [-0.1, -0.05) is 29.8 Å². The van der Waals surface area contributed by atoms with Gasteiger partial charge in [0.25, 0.3) is 5.91 Å². The monoisotopic (exact) mass is 265 g/mol. The summed E-state index contributed by atoms with van der Waals surface area (Å²) in [6.45, 7) is 0.588. The molecule has 0 saturated carbocycles. The Morgan fingerprint density at radius 3 is 2.53 bits per heavy atom. The number of amides is 1. The summed E-state index contributed by atoms with van der Waals surface area (Å²) in [5, 5.41) is 0. The van der Waals surface area contributed by atoms with Gasteiger partial charge in [0.15, 0.2) is 0 Å². The third-order valence-corrected chi connectivity index (χ3v) is 3.61. The second kappa shape index (κ2) is 5.34. The Hall–Kier alpha value is -1.32. The Morgan fingerprint density at radius 2 is 1.94 bits per heavy atom. The van der Waals surface area contributed by atoms with Gasteiger partial charge in [-0.05, 0) is 24.3 Å². The van der Waals surface area contributed by atoms with Gasteiger partial charge in [0, 0.05) is 17.5 Å². The van der Waals surface area contributed by atoms with Crippen LogP contribution in [0.2, 0.25) is 4.34 Å². The van der Waals surface area contributed by atoms with Crippen LogP contribution in [-0.4, -0.2) is 17.9 Å². The van der Waals surface area contributed by atoms with Crippen molar-refractivity contribution in [2.24, 2.45) is 0 Å². The van der Waals surface area contributed by atoms with Crippen LogP contribution in [0.3, 0.4) is 0 Å². The zero-order chi connectivity index (χ0) is 12.3. The van der Waals surface area contributed by atoms with Crippen molar-refractivity contribution >= 4 is 28.8 Å². The molecule has 2 nitrogen and oxygen atoms in total. The minimum absolute atomic E-state index is 0.0233. The molecule has 2 aromatic rings. The Balaban J connectivity index is 2.06. The number of rotatable bonds is 3. The van der Waals surface area contributed by atoms with E-state index in [0.717, 1.165) is 9.21 Å². The lowest BCUT2D eigenvalue weighted by atomic mass is 10.2. The van der Waals surface area contributed by atoms with Crippen LogP contribution in [0.25, 0.3) is 0 Å². The summed E-state index contributed by atoms with van der Waals surface area (Å²) in [7, 11) is 1.79. The van der Waals surface area contributed by atoms with E-state index in [1.54, 1.807) is 11.9 Å². The van der Waals surface area contributed by atoms with Gasteiger partial charge in [-0.2, -0.15) is 0 Å². The number of nitrogens with zero attached hydrogens (tertiary/aromatic N) is 1. The first-order valence-electron chi connectivity index (χ1n) is 5.21. The first-order valence-corrected chi connectivity index (χ1v) is 6.41. The number of hydrogen-bond acceptors (Lipinski definition) is 2. The predicted octanol–water partition coefficient (Wildman–Crippen LogP) is 3.67. The van der Waals surface area contributed by atoms with Crippen LogP contribution in [0.1, 0.15) is 15.2 Å². The van der Waals surface area contributed by atoms with Crippen molar-refractivity contribution in [3.8, 4) is 0 Å². The molecule has 0 aliphatic carbocycles. The molecule has 1 amide bonds. The summed E-state index contributed by atoms with van der Waals surface area (Å²) in [5.41, 5.74) is 0.706.